The van der Waals surface area contributed by atoms with Gasteiger partial charge in [0.15, 0.2) is 0 Å². The summed E-state index contributed by atoms with van der Waals surface area (Å²) >= 11 is 22.0. The fourth-order valence-corrected chi connectivity index (χ4v) is 3.30. The summed E-state index contributed by atoms with van der Waals surface area (Å²) in [6.45, 7) is 0. The van der Waals surface area contributed by atoms with Crippen LogP contribution < -0.4 is 0 Å². The average molecular weight is 377 g/mol. The lowest BCUT2D eigenvalue weighted by Gasteiger charge is -2.11. The Labute approximate surface area is 136 Å². The second-order valence-corrected chi connectivity index (χ2v) is 5.85. The first-order chi connectivity index (χ1) is 9.13. The summed E-state index contributed by atoms with van der Waals surface area (Å²) in [7, 11) is 0. The Morgan fingerprint density at radius 1 is 1.05 bits per heavy atom. The molecule has 19 heavy (non-hydrogen) atoms. The monoisotopic (exact) mass is 374 g/mol. The highest BCUT2D eigenvalue weighted by Crippen LogP contribution is 2.35. The molecule has 0 saturated carbocycles. The maximum absolute atomic E-state index is 6.46. The van der Waals surface area contributed by atoms with E-state index in [1.807, 2.05) is 48.5 Å². The Bertz CT molecular complexity index is 606. The highest BCUT2D eigenvalue weighted by molar-refractivity contribution is 9.10. The SMILES string of the molecule is ClC/C(=C(\Cl)c1ccccc1)c1ccc(Cl)cc1Br. The second kappa shape index (κ2) is 6.81. The van der Waals surface area contributed by atoms with Crippen molar-refractivity contribution in [1.82, 2.24) is 0 Å². The normalized spacial score (nSPS) is 12.2. The Balaban J connectivity index is 2.55. The van der Waals surface area contributed by atoms with Crippen molar-refractivity contribution in [2.24, 2.45) is 0 Å². The fraction of sp³-hybridized carbons (Fsp3) is 0.0667. The zero-order chi connectivity index (χ0) is 13.8. The van der Waals surface area contributed by atoms with Crippen molar-refractivity contribution in [3.63, 3.8) is 0 Å². The van der Waals surface area contributed by atoms with Gasteiger partial charge in [0.1, 0.15) is 0 Å². The predicted molar refractivity (Wildman–Crippen MR) is 89.0 cm³/mol. The van der Waals surface area contributed by atoms with Crippen molar-refractivity contribution < 1.29 is 0 Å². The second-order valence-electron chi connectivity index (χ2n) is 3.92. The van der Waals surface area contributed by atoms with Crippen molar-refractivity contribution >= 4 is 61.3 Å². The van der Waals surface area contributed by atoms with E-state index in [1.54, 1.807) is 0 Å². The number of allylic oxidation sites excluding steroid dienone is 1. The maximum Gasteiger partial charge on any atom is 0.0528 e. The van der Waals surface area contributed by atoms with Crippen LogP contribution in [0.4, 0.5) is 0 Å². The molecule has 0 spiro atoms. The van der Waals surface area contributed by atoms with Crippen molar-refractivity contribution in [3.8, 4) is 0 Å². The highest BCUT2D eigenvalue weighted by atomic mass is 79.9. The molecule has 0 N–H and O–H groups in total. The third kappa shape index (κ3) is 3.55. The molecule has 2 aromatic rings. The number of hydrogen-bond acceptors (Lipinski definition) is 0. The topological polar surface area (TPSA) is 0 Å². The van der Waals surface area contributed by atoms with Gasteiger partial charge >= 0.3 is 0 Å². The van der Waals surface area contributed by atoms with Gasteiger partial charge in [-0.25, -0.2) is 0 Å². The van der Waals surface area contributed by atoms with Crippen LogP contribution in [0.5, 0.6) is 0 Å². The van der Waals surface area contributed by atoms with Gasteiger partial charge < -0.3 is 0 Å². The van der Waals surface area contributed by atoms with Gasteiger partial charge in [-0.1, -0.05) is 75.5 Å². The van der Waals surface area contributed by atoms with Gasteiger partial charge in [0, 0.05) is 15.4 Å². The standard InChI is InChI=1S/C15H10BrCl3/c16-14-8-11(18)6-7-12(14)13(9-17)15(19)10-4-2-1-3-5-10/h1-8H,9H2/b15-13+. The van der Waals surface area contributed by atoms with Crippen LogP contribution in [0.3, 0.4) is 0 Å². The van der Waals surface area contributed by atoms with E-state index in [-0.39, 0.29) is 0 Å². The first kappa shape index (κ1) is 14.9. The lowest BCUT2D eigenvalue weighted by molar-refractivity contribution is 1.53. The van der Waals surface area contributed by atoms with Crippen molar-refractivity contribution in [1.29, 1.82) is 0 Å². The van der Waals surface area contributed by atoms with E-state index in [0.717, 1.165) is 21.2 Å². The van der Waals surface area contributed by atoms with Gasteiger partial charge in [-0.3, -0.25) is 0 Å². The van der Waals surface area contributed by atoms with Crippen LogP contribution in [0, 0.1) is 0 Å². The number of benzene rings is 2. The molecule has 0 aliphatic carbocycles. The summed E-state index contributed by atoms with van der Waals surface area (Å²) in [5.74, 6) is 0.327. The van der Waals surface area contributed by atoms with E-state index >= 15 is 0 Å². The Morgan fingerprint density at radius 2 is 1.74 bits per heavy atom. The van der Waals surface area contributed by atoms with Gasteiger partial charge in [-0.2, -0.15) is 0 Å². The molecule has 0 heterocycles. The van der Waals surface area contributed by atoms with Crippen molar-refractivity contribution in [2.75, 3.05) is 5.88 Å². The molecule has 4 heteroatoms. The van der Waals surface area contributed by atoms with Crippen LogP contribution in [-0.4, -0.2) is 5.88 Å². The molecule has 0 atom stereocenters. The highest BCUT2D eigenvalue weighted by Gasteiger charge is 2.12. The molecule has 2 aromatic carbocycles. The van der Waals surface area contributed by atoms with Crippen LogP contribution >= 0.6 is 50.7 Å². The largest absolute Gasteiger partial charge is 0.121 e. The number of halogens is 4. The maximum atomic E-state index is 6.46. The van der Waals surface area contributed by atoms with E-state index in [9.17, 15) is 0 Å². The number of alkyl halides is 1. The Kier molecular flexibility index (Phi) is 5.35. The van der Waals surface area contributed by atoms with Crippen LogP contribution in [0.2, 0.25) is 5.02 Å². The van der Waals surface area contributed by atoms with E-state index in [1.165, 1.54) is 0 Å². The first-order valence-electron chi connectivity index (χ1n) is 5.59. The van der Waals surface area contributed by atoms with Gasteiger partial charge in [-0.15, -0.1) is 11.6 Å². The quantitative estimate of drug-likeness (QED) is 0.427. The average Bonchev–Trinajstić information content (AvgIpc) is 2.42. The zero-order valence-electron chi connectivity index (χ0n) is 9.84. The summed E-state index contributed by atoms with van der Waals surface area (Å²) in [5.41, 5.74) is 2.77. The molecule has 0 aliphatic heterocycles. The molecule has 0 aliphatic rings. The Morgan fingerprint density at radius 3 is 2.32 bits per heavy atom. The van der Waals surface area contributed by atoms with Gasteiger partial charge in [-0.05, 0) is 28.8 Å². The van der Waals surface area contributed by atoms with E-state index in [4.69, 9.17) is 34.8 Å². The molecule has 98 valence electrons. The van der Waals surface area contributed by atoms with Crippen molar-refractivity contribution in [3.05, 3.63) is 69.2 Å². The molecule has 0 bridgehead atoms. The lowest BCUT2D eigenvalue weighted by Crippen LogP contribution is -1.91. The first-order valence-corrected chi connectivity index (χ1v) is 7.67. The van der Waals surface area contributed by atoms with Gasteiger partial charge in [0.05, 0.1) is 5.03 Å². The molecular formula is C15H10BrCl3. The van der Waals surface area contributed by atoms with Crippen LogP contribution in [0.25, 0.3) is 10.6 Å². The van der Waals surface area contributed by atoms with E-state index in [2.05, 4.69) is 15.9 Å². The summed E-state index contributed by atoms with van der Waals surface area (Å²) in [4.78, 5) is 0. The van der Waals surface area contributed by atoms with Crippen LogP contribution in [0.15, 0.2) is 53.0 Å². The molecule has 0 radical (unpaired) electrons. The minimum atomic E-state index is 0.327. The molecular weight excluding hydrogens is 366 g/mol. The minimum absolute atomic E-state index is 0.327. The summed E-state index contributed by atoms with van der Waals surface area (Å²) in [5, 5.41) is 1.32. The molecule has 2 rings (SSSR count). The molecule has 0 saturated heterocycles. The molecule has 0 aromatic heterocycles. The Hall–Kier alpha value is -0.470. The third-order valence-corrected chi connectivity index (χ3v) is 4.29. The lowest BCUT2D eigenvalue weighted by atomic mass is 10.0. The van der Waals surface area contributed by atoms with Gasteiger partial charge in [0.25, 0.3) is 0 Å². The predicted octanol–water partition coefficient (Wildman–Crippen LogP) is 6.45. The van der Waals surface area contributed by atoms with Crippen LogP contribution in [0.1, 0.15) is 11.1 Å². The molecule has 0 amide bonds. The van der Waals surface area contributed by atoms with E-state index < -0.39 is 0 Å². The summed E-state index contributed by atoms with van der Waals surface area (Å²) in [6.07, 6.45) is 0. The number of rotatable bonds is 3. The zero-order valence-corrected chi connectivity index (χ0v) is 13.7. The third-order valence-electron chi connectivity index (χ3n) is 2.68. The van der Waals surface area contributed by atoms with Crippen LogP contribution in [-0.2, 0) is 0 Å². The smallest absolute Gasteiger partial charge is 0.0528 e. The molecule has 0 unspecified atom stereocenters. The van der Waals surface area contributed by atoms with E-state index in [0.29, 0.717) is 15.9 Å². The summed E-state index contributed by atoms with van der Waals surface area (Å²) < 4.78 is 0.879. The molecule has 0 nitrogen and oxygen atoms in total. The number of hydrogen-bond donors (Lipinski definition) is 0. The fourth-order valence-electron chi connectivity index (χ4n) is 1.74. The molecule has 0 fully saturated rings. The van der Waals surface area contributed by atoms with Crippen molar-refractivity contribution in [2.45, 2.75) is 0 Å². The minimum Gasteiger partial charge on any atom is -0.121 e. The summed E-state index contributed by atoms with van der Waals surface area (Å²) in [6, 6.07) is 15.3. The van der Waals surface area contributed by atoms with Gasteiger partial charge in [0.2, 0.25) is 0 Å².